The first-order valence-electron chi connectivity index (χ1n) is 7.09. The van der Waals surface area contributed by atoms with Crippen LogP contribution in [0.3, 0.4) is 0 Å². The molecule has 1 aromatic carbocycles. The largest absolute Gasteiger partial charge is 0.326 e. The number of nitrogens with one attached hydrogen (secondary N) is 2. The molecule has 0 saturated carbocycles. The minimum Gasteiger partial charge on any atom is -0.326 e. The van der Waals surface area contributed by atoms with Gasteiger partial charge in [0.2, 0.25) is 5.91 Å². The second kappa shape index (κ2) is 6.54. The highest BCUT2D eigenvalue weighted by molar-refractivity contribution is 5.91. The van der Waals surface area contributed by atoms with E-state index in [0.717, 1.165) is 11.4 Å². The zero-order chi connectivity index (χ0) is 15.3. The van der Waals surface area contributed by atoms with E-state index >= 15 is 0 Å². The van der Waals surface area contributed by atoms with Crippen LogP contribution in [-0.4, -0.2) is 27.8 Å². The van der Waals surface area contributed by atoms with Crippen molar-refractivity contribution in [3.63, 3.8) is 0 Å². The summed E-state index contributed by atoms with van der Waals surface area (Å²) in [6.45, 7) is 6.91. The van der Waals surface area contributed by atoms with E-state index in [1.807, 2.05) is 36.5 Å². The fourth-order valence-electron chi connectivity index (χ4n) is 1.92. The van der Waals surface area contributed by atoms with Gasteiger partial charge in [-0.25, -0.2) is 4.68 Å². The molecule has 21 heavy (non-hydrogen) atoms. The fraction of sp³-hybridized carbons (Fsp3) is 0.375. The first-order valence-corrected chi connectivity index (χ1v) is 7.09. The van der Waals surface area contributed by atoms with Crippen LogP contribution in [0.1, 0.15) is 27.2 Å². The summed E-state index contributed by atoms with van der Waals surface area (Å²) in [6, 6.07) is 9.50. The lowest BCUT2D eigenvalue weighted by Gasteiger charge is -2.20. The Balaban J connectivity index is 1.91. The molecular weight excluding hydrogens is 264 g/mol. The molecule has 0 saturated heterocycles. The van der Waals surface area contributed by atoms with Gasteiger partial charge in [-0.15, -0.1) is 0 Å². The molecule has 2 N–H and O–H groups in total. The van der Waals surface area contributed by atoms with Crippen LogP contribution in [0, 0.1) is 0 Å². The smallest absolute Gasteiger partial charge is 0.225 e. The molecule has 1 amide bonds. The van der Waals surface area contributed by atoms with Crippen LogP contribution in [0.25, 0.3) is 5.69 Å². The molecule has 5 heteroatoms. The second-order valence-corrected chi connectivity index (χ2v) is 5.98. The average Bonchev–Trinajstić information content (AvgIpc) is 2.91. The topological polar surface area (TPSA) is 59.0 Å². The lowest BCUT2D eigenvalue weighted by molar-refractivity contribution is -0.116. The molecule has 0 aliphatic rings. The summed E-state index contributed by atoms with van der Waals surface area (Å²) in [4.78, 5) is 11.9. The molecule has 0 spiro atoms. The monoisotopic (exact) mass is 286 g/mol. The standard InChI is InChI=1S/C16H22N4O/c1-16(2,3)17-10-8-15(21)19-13-6-4-7-14(12-13)20-11-5-9-18-20/h4-7,9,11-12,17H,8,10H2,1-3H3,(H,19,21). The number of benzene rings is 1. The SMILES string of the molecule is CC(C)(C)NCCC(=O)Nc1cccc(-n2cccn2)c1. The lowest BCUT2D eigenvalue weighted by Crippen LogP contribution is -2.37. The molecule has 112 valence electrons. The predicted octanol–water partition coefficient (Wildman–Crippen LogP) is 2.59. The van der Waals surface area contributed by atoms with E-state index in [9.17, 15) is 4.79 Å². The van der Waals surface area contributed by atoms with Gasteiger partial charge in [0.05, 0.1) is 5.69 Å². The molecule has 2 aromatic rings. The third-order valence-corrected chi connectivity index (χ3v) is 2.91. The number of carbonyl (C=O) groups is 1. The maximum absolute atomic E-state index is 11.9. The Labute approximate surface area is 125 Å². The van der Waals surface area contributed by atoms with Crippen LogP contribution in [0.4, 0.5) is 5.69 Å². The van der Waals surface area contributed by atoms with Crippen LogP contribution in [-0.2, 0) is 4.79 Å². The molecular formula is C16H22N4O. The van der Waals surface area contributed by atoms with Gasteiger partial charge in [-0.3, -0.25) is 4.79 Å². The predicted molar refractivity (Wildman–Crippen MR) is 84.6 cm³/mol. The van der Waals surface area contributed by atoms with Gasteiger partial charge in [0.1, 0.15) is 0 Å². The summed E-state index contributed by atoms with van der Waals surface area (Å²) in [6.07, 6.45) is 4.04. The Hall–Kier alpha value is -2.14. The molecule has 0 aliphatic carbocycles. The van der Waals surface area contributed by atoms with Crippen molar-refractivity contribution < 1.29 is 4.79 Å². The Morgan fingerprint density at radius 2 is 2.10 bits per heavy atom. The maximum atomic E-state index is 11.9. The third kappa shape index (κ3) is 5.04. The lowest BCUT2D eigenvalue weighted by atomic mass is 10.1. The van der Waals surface area contributed by atoms with E-state index < -0.39 is 0 Å². The van der Waals surface area contributed by atoms with Gasteiger partial charge in [-0.1, -0.05) is 6.07 Å². The van der Waals surface area contributed by atoms with Crippen molar-refractivity contribution >= 4 is 11.6 Å². The zero-order valence-electron chi connectivity index (χ0n) is 12.8. The number of amides is 1. The van der Waals surface area contributed by atoms with E-state index in [0.29, 0.717) is 13.0 Å². The van der Waals surface area contributed by atoms with Gasteiger partial charge >= 0.3 is 0 Å². The van der Waals surface area contributed by atoms with Crippen LogP contribution in [0.5, 0.6) is 0 Å². The van der Waals surface area contributed by atoms with Crippen molar-refractivity contribution in [3.8, 4) is 5.69 Å². The number of nitrogens with zero attached hydrogens (tertiary/aromatic N) is 2. The van der Waals surface area contributed by atoms with E-state index in [2.05, 4.69) is 36.5 Å². The van der Waals surface area contributed by atoms with E-state index in [4.69, 9.17) is 0 Å². The molecule has 5 nitrogen and oxygen atoms in total. The normalized spacial score (nSPS) is 11.4. The van der Waals surface area contributed by atoms with Crippen molar-refractivity contribution in [2.45, 2.75) is 32.7 Å². The maximum Gasteiger partial charge on any atom is 0.225 e. The molecule has 0 bridgehead atoms. The third-order valence-electron chi connectivity index (χ3n) is 2.91. The minimum absolute atomic E-state index is 0.00404. The second-order valence-electron chi connectivity index (χ2n) is 5.98. The molecule has 1 aromatic heterocycles. The van der Waals surface area contributed by atoms with Crippen LogP contribution in [0.15, 0.2) is 42.7 Å². The van der Waals surface area contributed by atoms with E-state index in [-0.39, 0.29) is 11.4 Å². The molecule has 0 aliphatic heterocycles. The summed E-state index contributed by atoms with van der Waals surface area (Å²) in [7, 11) is 0. The summed E-state index contributed by atoms with van der Waals surface area (Å²) in [5.41, 5.74) is 1.73. The molecule has 0 fully saturated rings. The highest BCUT2D eigenvalue weighted by Crippen LogP contribution is 2.14. The van der Waals surface area contributed by atoms with Gasteiger partial charge in [-0.2, -0.15) is 5.10 Å². The van der Waals surface area contributed by atoms with Gasteiger partial charge in [0, 0.05) is 36.6 Å². The Morgan fingerprint density at radius 1 is 1.29 bits per heavy atom. The summed E-state index contributed by atoms with van der Waals surface area (Å²) >= 11 is 0. The molecule has 2 rings (SSSR count). The van der Waals surface area contributed by atoms with E-state index in [1.54, 1.807) is 10.9 Å². The molecule has 1 heterocycles. The average molecular weight is 286 g/mol. The number of rotatable bonds is 5. The van der Waals surface area contributed by atoms with Crippen molar-refractivity contribution in [2.24, 2.45) is 0 Å². The Bertz CT molecular complexity index is 585. The highest BCUT2D eigenvalue weighted by Gasteiger charge is 2.10. The first-order chi connectivity index (χ1) is 9.94. The first kappa shape index (κ1) is 15.3. The number of aromatic nitrogens is 2. The Kier molecular flexibility index (Phi) is 4.75. The van der Waals surface area contributed by atoms with Crippen molar-refractivity contribution in [1.82, 2.24) is 15.1 Å². The molecule has 0 atom stereocenters. The summed E-state index contributed by atoms with van der Waals surface area (Å²) < 4.78 is 1.76. The summed E-state index contributed by atoms with van der Waals surface area (Å²) in [5.74, 6) is 0.00404. The number of hydrogen-bond donors (Lipinski definition) is 2. The van der Waals surface area contributed by atoms with Gasteiger partial charge in [0.25, 0.3) is 0 Å². The number of hydrogen-bond acceptors (Lipinski definition) is 3. The number of carbonyl (C=O) groups excluding carboxylic acids is 1. The van der Waals surface area contributed by atoms with Crippen molar-refractivity contribution in [3.05, 3.63) is 42.7 Å². The highest BCUT2D eigenvalue weighted by atomic mass is 16.1. The Morgan fingerprint density at radius 3 is 2.76 bits per heavy atom. The minimum atomic E-state index is 0.00404. The van der Waals surface area contributed by atoms with Crippen molar-refractivity contribution in [2.75, 3.05) is 11.9 Å². The fourth-order valence-corrected chi connectivity index (χ4v) is 1.92. The van der Waals surface area contributed by atoms with Crippen molar-refractivity contribution in [1.29, 1.82) is 0 Å². The summed E-state index contributed by atoms with van der Waals surface area (Å²) in [5, 5.41) is 10.4. The van der Waals surface area contributed by atoms with Crippen LogP contribution < -0.4 is 10.6 Å². The number of anilines is 1. The van der Waals surface area contributed by atoms with Gasteiger partial charge < -0.3 is 10.6 Å². The molecule has 0 unspecified atom stereocenters. The molecule has 0 radical (unpaired) electrons. The van der Waals surface area contributed by atoms with E-state index in [1.165, 1.54) is 0 Å². The van der Waals surface area contributed by atoms with Crippen LogP contribution >= 0.6 is 0 Å². The van der Waals surface area contributed by atoms with Crippen LogP contribution in [0.2, 0.25) is 0 Å². The quantitative estimate of drug-likeness (QED) is 0.888. The zero-order valence-corrected chi connectivity index (χ0v) is 12.8. The van der Waals surface area contributed by atoms with Gasteiger partial charge in [0.15, 0.2) is 0 Å². The van der Waals surface area contributed by atoms with Gasteiger partial charge in [-0.05, 0) is 45.0 Å².